The van der Waals surface area contributed by atoms with Crippen LogP contribution in [0.1, 0.15) is 278 Å². The van der Waals surface area contributed by atoms with Crippen molar-refractivity contribution in [2.24, 2.45) is 5.41 Å². The highest BCUT2D eigenvalue weighted by Crippen LogP contribution is 2.34. The molecule has 0 saturated carbocycles. The van der Waals surface area contributed by atoms with E-state index in [0.29, 0.717) is 5.41 Å². The van der Waals surface area contributed by atoms with Gasteiger partial charge in [-0.05, 0) is 18.3 Å². The minimum Gasteiger partial charge on any atom is -0.0654 e. The van der Waals surface area contributed by atoms with Gasteiger partial charge in [0.2, 0.25) is 0 Å². The molecule has 0 aliphatic rings. The van der Waals surface area contributed by atoms with E-state index in [1.165, 1.54) is 250 Å². The molecule has 0 fully saturated rings. The summed E-state index contributed by atoms with van der Waals surface area (Å²) in [5.41, 5.74) is 0.626. The van der Waals surface area contributed by atoms with Crippen LogP contribution in [0, 0.1) is 5.41 Å². The van der Waals surface area contributed by atoms with Crippen LogP contribution in [0.4, 0.5) is 0 Å². The number of hydrogen-bond acceptors (Lipinski definition) is 0. The van der Waals surface area contributed by atoms with E-state index in [1.807, 2.05) is 0 Å². The van der Waals surface area contributed by atoms with Crippen molar-refractivity contribution >= 4 is 0 Å². The third-order valence-electron chi connectivity index (χ3n) is 11.1. The number of unbranched alkanes of at least 4 members (excludes halogenated alkanes) is 34. The van der Waals surface area contributed by atoms with Gasteiger partial charge in [-0.2, -0.15) is 0 Å². The Kier molecular flexibility index (Phi) is 37.5. The van der Waals surface area contributed by atoms with Gasteiger partial charge in [0.15, 0.2) is 0 Å². The van der Waals surface area contributed by atoms with Gasteiger partial charge in [-0.3, -0.25) is 0 Å². The van der Waals surface area contributed by atoms with Gasteiger partial charge in [-0.15, -0.1) is 0 Å². The summed E-state index contributed by atoms with van der Waals surface area (Å²) in [5, 5.41) is 0. The Morgan fingerprint density at radius 1 is 0.227 bits per heavy atom. The summed E-state index contributed by atoms with van der Waals surface area (Å²) in [6.07, 6.45) is 57.5. The molecule has 0 nitrogen and oxygen atoms in total. The van der Waals surface area contributed by atoms with Gasteiger partial charge in [-0.1, -0.05) is 265 Å². The fourth-order valence-electron chi connectivity index (χ4n) is 7.36. The molecular formula is C44H90. The van der Waals surface area contributed by atoms with Crippen LogP contribution >= 0.6 is 0 Å². The lowest BCUT2D eigenvalue weighted by Crippen LogP contribution is -2.14. The molecule has 0 aliphatic carbocycles. The molecule has 0 aromatic carbocycles. The molecule has 0 heterocycles. The van der Waals surface area contributed by atoms with Crippen LogP contribution < -0.4 is 0 Å². The average molecular weight is 619 g/mol. The molecule has 0 heteroatoms. The molecular weight excluding hydrogens is 528 g/mol. The molecule has 0 bridgehead atoms. The van der Waals surface area contributed by atoms with Crippen molar-refractivity contribution in [1.82, 2.24) is 0 Å². The zero-order valence-electron chi connectivity index (χ0n) is 32.1. The Hall–Kier alpha value is 0. The molecule has 0 radical (unpaired) electrons. The first-order valence-electron chi connectivity index (χ1n) is 21.7. The lowest BCUT2D eigenvalue weighted by molar-refractivity contribution is 0.243. The first kappa shape index (κ1) is 44.0. The molecule has 266 valence electrons. The predicted molar refractivity (Wildman–Crippen MR) is 205 cm³/mol. The van der Waals surface area contributed by atoms with E-state index in [0.717, 1.165) is 0 Å². The van der Waals surface area contributed by atoms with Crippen LogP contribution in [0.5, 0.6) is 0 Å². The molecule has 0 N–H and O–H groups in total. The summed E-state index contributed by atoms with van der Waals surface area (Å²) in [6.45, 7) is 9.58. The molecule has 1 unspecified atom stereocenters. The average Bonchev–Trinajstić information content (AvgIpc) is 3.04. The second-order valence-electron chi connectivity index (χ2n) is 15.7. The molecule has 0 saturated heterocycles. The second kappa shape index (κ2) is 37.5. The maximum absolute atomic E-state index is 2.53. The van der Waals surface area contributed by atoms with Gasteiger partial charge in [0.05, 0.1) is 0 Å². The van der Waals surface area contributed by atoms with Gasteiger partial charge in [0.1, 0.15) is 0 Å². The van der Waals surface area contributed by atoms with Crippen LogP contribution in [0.25, 0.3) is 0 Å². The van der Waals surface area contributed by atoms with E-state index in [9.17, 15) is 0 Å². The molecule has 0 aromatic heterocycles. The summed E-state index contributed by atoms with van der Waals surface area (Å²) in [5.74, 6) is 0. The van der Waals surface area contributed by atoms with Crippen molar-refractivity contribution in [3.05, 3.63) is 0 Å². The summed E-state index contributed by atoms with van der Waals surface area (Å²) >= 11 is 0. The Morgan fingerprint density at radius 3 is 0.614 bits per heavy atom. The van der Waals surface area contributed by atoms with E-state index < -0.39 is 0 Å². The lowest BCUT2D eigenvalue weighted by Gasteiger charge is -2.28. The summed E-state index contributed by atoms with van der Waals surface area (Å²) in [7, 11) is 0. The molecule has 1 atom stereocenters. The van der Waals surface area contributed by atoms with Crippen molar-refractivity contribution in [3.8, 4) is 0 Å². The standard InChI is InChI=1S/C44H90/c1-5-8-10-11-12-13-14-15-16-17-18-19-20-21-22-23-24-25-26-27-28-29-30-31-32-33-34-35-36-37-38-39-40-41-43-44(4,7-3)42-9-6-2/h5-43H2,1-4H3. The van der Waals surface area contributed by atoms with E-state index in [4.69, 9.17) is 0 Å². The van der Waals surface area contributed by atoms with E-state index in [2.05, 4.69) is 27.7 Å². The summed E-state index contributed by atoms with van der Waals surface area (Å²) in [4.78, 5) is 0. The quantitative estimate of drug-likeness (QED) is 0.0601. The van der Waals surface area contributed by atoms with Gasteiger partial charge >= 0.3 is 0 Å². The van der Waals surface area contributed by atoms with Crippen LogP contribution in [0.15, 0.2) is 0 Å². The first-order valence-corrected chi connectivity index (χ1v) is 21.7. The maximum Gasteiger partial charge on any atom is -0.0328 e. The van der Waals surface area contributed by atoms with Gasteiger partial charge in [0.25, 0.3) is 0 Å². The molecule has 0 amide bonds. The smallest absolute Gasteiger partial charge is 0.0328 e. The molecule has 0 spiro atoms. The van der Waals surface area contributed by atoms with E-state index in [1.54, 1.807) is 0 Å². The van der Waals surface area contributed by atoms with Crippen molar-refractivity contribution in [2.45, 2.75) is 278 Å². The van der Waals surface area contributed by atoms with Crippen molar-refractivity contribution in [2.75, 3.05) is 0 Å². The Bertz CT molecular complexity index is 494. The maximum atomic E-state index is 2.53. The van der Waals surface area contributed by atoms with Crippen molar-refractivity contribution in [1.29, 1.82) is 0 Å². The summed E-state index contributed by atoms with van der Waals surface area (Å²) in [6, 6.07) is 0. The minimum absolute atomic E-state index is 0.626. The normalized spacial score (nSPS) is 13.1. The largest absolute Gasteiger partial charge is 0.0654 e. The first-order chi connectivity index (χ1) is 21.7. The van der Waals surface area contributed by atoms with Gasteiger partial charge in [0, 0.05) is 0 Å². The third kappa shape index (κ3) is 34.9. The Labute approximate surface area is 282 Å². The third-order valence-corrected chi connectivity index (χ3v) is 11.1. The van der Waals surface area contributed by atoms with Crippen LogP contribution in [-0.4, -0.2) is 0 Å². The fraction of sp³-hybridized carbons (Fsp3) is 1.00. The monoisotopic (exact) mass is 619 g/mol. The van der Waals surface area contributed by atoms with E-state index >= 15 is 0 Å². The Balaban J connectivity index is 3.13. The van der Waals surface area contributed by atoms with Crippen LogP contribution in [0.3, 0.4) is 0 Å². The van der Waals surface area contributed by atoms with E-state index in [-0.39, 0.29) is 0 Å². The van der Waals surface area contributed by atoms with Gasteiger partial charge < -0.3 is 0 Å². The predicted octanol–water partition coefficient (Wildman–Crippen LogP) is 17.3. The zero-order valence-corrected chi connectivity index (χ0v) is 32.1. The minimum atomic E-state index is 0.626. The van der Waals surface area contributed by atoms with Crippen molar-refractivity contribution in [3.63, 3.8) is 0 Å². The molecule has 44 heavy (non-hydrogen) atoms. The highest BCUT2D eigenvalue weighted by molar-refractivity contribution is 4.72. The van der Waals surface area contributed by atoms with Crippen LogP contribution in [-0.2, 0) is 0 Å². The van der Waals surface area contributed by atoms with Crippen LogP contribution in [0.2, 0.25) is 0 Å². The summed E-state index contributed by atoms with van der Waals surface area (Å²) < 4.78 is 0. The molecule has 0 rings (SSSR count). The molecule has 0 aromatic rings. The Morgan fingerprint density at radius 2 is 0.409 bits per heavy atom. The van der Waals surface area contributed by atoms with Crippen molar-refractivity contribution < 1.29 is 0 Å². The number of rotatable bonds is 39. The molecule has 0 aliphatic heterocycles. The highest BCUT2D eigenvalue weighted by Gasteiger charge is 2.20. The lowest BCUT2D eigenvalue weighted by atomic mass is 9.78. The topological polar surface area (TPSA) is 0 Å². The highest BCUT2D eigenvalue weighted by atomic mass is 14.3. The number of hydrogen-bond donors (Lipinski definition) is 0. The zero-order chi connectivity index (χ0) is 32.1. The SMILES string of the molecule is CCCCCCCCCCCCCCCCCCCCCCCCCCCCCCCCCCCCC(C)(CC)CCCC. The fourth-order valence-corrected chi connectivity index (χ4v) is 7.36. The van der Waals surface area contributed by atoms with Gasteiger partial charge in [-0.25, -0.2) is 0 Å². The second-order valence-corrected chi connectivity index (χ2v) is 15.7.